The molecule has 4 rings (SSSR count). The lowest BCUT2D eigenvalue weighted by Gasteiger charge is -2.24. The SMILES string of the molecule is CC(C)c1nsc2nc(NC(C=NC3CCOCC3)=CN)nc(NC3CCCCC3)c12. The molecule has 3 heterocycles. The molecule has 2 fully saturated rings. The third-order valence-electron chi connectivity index (χ3n) is 5.91. The fraction of sp³-hybridized carbons (Fsp3) is 0.636. The molecule has 0 bridgehead atoms. The lowest BCUT2D eigenvalue weighted by molar-refractivity contribution is 0.0872. The van der Waals surface area contributed by atoms with E-state index in [1.54, 1.807) is 6.21 Å². The monoisotopic (exact) mass is 443 g/mol. The summed E-state index contributed by atoms with van der Waals surface area (Å²) in [6.07, 6.45) is 11.4. The molecule has 0 atom stereocenters. The van der Waals surface area contributed by atoms with E-state index in [1.165, 1.54) is 49.8 Å². The fourth-order valence-corrected chi connectivity index (χ4v) is 5.04. The van der Waals surface area contributed by atoms with Crippen molar-refractivity contribution in [3.05, 3.63) is 17.6 Å². The Morgan fingerprint density at radius 1 is 1.16 bits per heavy atom. The van der Waals surface area contributed by atoms with Gasteiger partial charge < -0.3 is 21.1 Å². The Morgan fingerprint density at radius 2 is 1.94 bits per heavy atom. The number of aromatic nitrogens is 3. The van der Waals surface area contributed by atoms with Gasteiger partial charge in [0.15, 0.2) is 4.83 Å². The molecular formula is C22H33N7OS. The largest absolute Gasteiger partial charge is 0.403 e. The molecule has 0 radical (unpaired) electrons. The van der Waals surface area contributed by atoms with Crippen molar-refractivity contribution in [1.82, 2.24) is 14.3 Å². The predicted molar refractivity (Wildman–Crippen MR) is 128 cm³/mol. The summed E-state index contributed by atoms with van der Waals surface area (Å²) < 4.78 is 10.1. The molecule has 0 amide bonds. The molecule has 0 aromatic carbocycles. The van der Waals surface area contributed by atoms with Gasteiger partial charge in [-0.05, 0) is 43.1 Å². The van der Waals surface area contributed by atoms with E-state index < -0.39 is 0 Å². The Labute approximate surface area is 188 Å². The smallest absolute Gasteiger partial charge is 0.230 e. The molecule has 1 saturated carbocycles. The van der Waals surface area contributed by atoms with Gasteiger partial charge in [-0.15, -0.1) is 0 Å². The molecule has 8 nitrogen and oxygen atoms in total. The molecule has 1 saturated heterocycles. The molecule has 1 aliphatic heterocycles. The highest BCUT2D eigenvalue weighted by Crippen LogP contribution is 2.34. The van der Waals surface area contributed by atoms with Crippen LogP contribution in [0.25, 0.3) is 10.2 Å². The number of hydrogen-bond acceptors (Lipinski definition) is 9. The van der Waals surface area contributed by atoms with E-state index in [1.807, 2.05) is 0 Å². The first-order valence-electron chi connectivity index (χ1n) is 11.4. The van der Waals surface area contributed by atoms with Crippen LogP contribution in [0.1, 0.15) is 70.4 Å². The number of rotatable bonds is 7. The minimum Gasteiger partial charge on any atom is -0.403 e. The maximum absolute atomic E-state index is 5.86. The van der Waals surface area contributed by atoms with Crippen molar-refractivity contribution < 1.29 is 4.74 Å². The number of hydrogen-bond donors (Lipinski definition) is 3. The van der Waals surface area contributed by atoms with Gasteiger partial charge in [-0.25, -0.2) is 0 Å². The van der Waals surface area contributed by atoms with Crippen molar-refractivity contribution >= 4 is 39.7 Å². The van der Waals surface area contributed by atoms with Gasteiger partial charge in [0.1, 0.15) is 5.82 Å². The number of nitrogens with one attached hydrogen (secondary N) is 2. The molecular weight excluding hydrogens is 410 g/mol. The average Bonchev–Trinajstić information content (AvgIpc) is 3.23. The van der Waals surface area contributed by atoms with Crippen molar-refractivity contribution in [2.45, 2.75) is 76.8 Å². The Balaban J connectivity index is 1.58. The molecule has 9 heteroatoms. The fourth-order valence-electron chi connectivity index (χ4n) is 4.14. The van der Waals surface area contributed by atoms with Crippen LogP contribution in [0.15, 0.2) is 16.9 Å². The summed E-state index contributed by atoms with van der Waals surface area (Å²) in [5.41, 5.74) is 7.60. The lowest BCUT2D eigenvalue weighted by Crippen LogP contribution is -2.23. The van der Waals surface area contributed by atoms with E-state index in [0.717, 1.165) is 47.8 Å². The predicted octanol–water partition coefficient (Wildman–Crippen LogP) is 4.42. The average molecular weight is 444 g/mol. The maximum Gasteiger partial charge on any atom is 0.230 e. The van der Waals surface area contributed by atoms with Gasteiger partial charge in [-0.1, -0.05) is 33.1 Å². The summed E-state index contributed by atoms with van der Waals surface area (Å²) in [4.78, 5) is 15.1. The normalized spacial score (nSPS) is 19.5. The Hall–Kier alpha value is -2.26. The van der Waals surface area contributed by atoms with E-state index in [2.05, 4.69) is 33.8 Å². The minimum absolute atomic E-state index is 0.271. The van der Waals surface area contributed by atoms with Crippen molar-refractivity contribution in [2.24, 2.45) is 10.7 Å². The lowest BCUT2D eigenvalue weighted by atomic mass is 9.95. The highest BCUT2D eigenvalue weighted by Gasteiger charge is 2.21. The third kappa shape index (κ3) is 5.51. The summed E-state index contributed by atoms with van der Waals surface area (Å²) in [5.74, 6) is 1.70. The Bertz CT molecular complexity index is 927. The van der Waals surface area contributed by atoms with Crippen LogP contribution in [0.2, 0.25) is 0 Å². The molecule has 2 aromatic heterocycles. The summed E-state index contributed by atoms with van der Waals surface area (Å²) in [6, 6.07) is 0.715. The summed E-state index contributed by atoms with van der Waals surface area (Å²) in [6.45, 7) is 5.84. The van der Waals surface area contributed by atoms with Gasteiger partial charge in [-0.3, -0.25) is 4.99 Å². The quantitative estimate of drug-likeness (QED) is 0.543. The number of anilines is 2. The van der Waals surface area contributed by atoms with Crippen LogP contribution in [0, 0.1) is 0 Å². The number of nitrogens with zero attached hydrogens (tertiary/aromatic N) is 4. The number of allylic oxidation sites excluding steroid dienone is 1. The number of nitrogens with two attached hydrogens (primary N) is 1. The molecule has 2 aliphatic rings. The molecule has 2 aromatic rings. The zero-order valence-electron chi connectivity index (χ0n) is 18.4. The number of aliphatic imine (C=N–C) groups is 1. The van der Waals surface area contributed by atoms with Crippen LogP contribution < -0.4 is 16.4 Å². The summed E-state index contributed by atoms with van der Waals surface area (Å²) in [5, 5.41) is 7.99. The third-order valence-corrected chi connectivity index (χ3v) is 6.66. The summed E-state index contributed by atoms with van der Waals surface area (Å²) in [7, 11) is 0. The first-order valence-corrected chi connectivity index (χ1v) is 12.1. The van der Waals surface area contributed by atoms with Gasteiger partial charge in [0.25, 0.3) is 0 Å². The van der Waals surface area contributed by atoms with E-state index in [0.29, 0.717) is 23.6 Å². The van der Waals surface area contributed by atoms with Crippen LogP contribution >= 0.6 is 11.5 Å². The van der Waals surface area contributed by atoms with Gasteiger partial charge in [0.2, 0.25) is 5.95 Å². The van der Waals surface area contributed by atoms with Crippen LogP contribution in [0.4, 0.5) is 11.8 Å². The second-order valence-corrected chi connectivity index (χ2v) is 9.40. The second kappa shape index (κ2) is 10.4. The van der Waals surface area contributed by atoms with Crippen molar-refractivity contribution in [3.8, 4) is 0 Å². The number of fused-ring (bicyclic) bond motifs is 1. The second-order valence-electron chi connectivity index (χ2n) is 8.65. The Kier molecular flexibility index (Phi) is 7.34. The highest BCUT2D eigenvalue weighted by atomic mass is 32.1. The molecule has 1 aliphatic carbocycles. The maximum atomic E-state index is 5.86. The zero-order chi connectivity index (χ0) is 21.6. The van der Waals surface area contributed by atoms with E-state index in [9.17, 15) is 0 Å². The van der Waals surface area contributed by atoms with E-state index in [-0.39, 0.29) is 6.04 Å². The van der Waals surface area contributed by atoms with E-state index >= 15 is 0 Å². The molecule has 4 N–H and O–H groups in total. The zero-order valence-corrected chi connectivity index (χ0v) is 19.2. The molecule has 31 heavy (non-hydrogen) atoms. The first-order chi connectivity index (χ1) is 15.1. The minimum atomic E-state index is 0.271. The van der Waals surface area contributed by atoms with Crippen molar-refractivity contribution in [1.29, 1.82) is 0 Å². The molecule has 0 spiro atoms. The van der Waals surface area contributed by atoms with Crippen LogP contribution in [-0.2, 0) is 4.74 Å². The van der Waals surface area contributed by atoms with Gasteiger partial charge in [-0.2, -0.15) is 14.3 Å². The van der Waals surface area contributed by atoms with Gasteiger partial charge in [0.05, 0.1) is 22.8 Å². The topological polar surface area (TPSA) is 110 Å². The van der Waals surface area contributed by atoms with Crippen molar-refractivity contribution in [3.63, 3.8) is 0 Å². The van der Waals surface area contributed by atoms with Crippen LogP contribution in [0.3, 0.4) is 0 Å². The van der Waals surface area contributed by atoms with Crippen LogP contribution in [0.5, 0.6) is 0 Å². The standard InChI is InChI=1S/C22H33N7OS/c1-14(2)19-18-20(25-16-6-4-3-5-7-16)27-22(28-21(18)31-29-19)26-17(12-23)13-24-15-8-10-30-11-9-15/h12-16H,3-11,23H2,1-2H3,(H2,25,26,27,28). The Morgan fingerprint density at radius 3 is 2.65 bits per heavy atom. The highest BCUT2D eigenvalue weighted by molar-refractivity contribution is 7.13. The summed E-state index contributed by atoms with van der Waals surface area (Å²) >= 11 is 1.42. The van der Waals surface area contributed by atoms with Gasteiger partial charge >= 0.3 is 0 Å². The first kappa shape index (κ1) is 22.0. The van der Waals surface area contributed by atoms with Crippen LogP contribution in [-0.4, -0.2) is 45.9 Å². The molecule has 0 unspecified atom stereocenters. The van der Waals surface area contributed by atoms with Crippen molar-refractivity contribution in [2.75, 3.05) is 23.8 Å². The molecule has 168 valence electrons. The van der Waals surface area contributed by atoms with E-state index in [4.69, 9.17) is 20.4 Å². The number of ether oxygens (including phenoxy) is 1. The van der Waals surface area contributed by atoms with Gasteiger partial charge in [0, 0.05) is 31.7 Å².